The molecule has 3 nitrogen and oxygen atoms in total. The highest BCUT2D eigenvalue weighted by molar-refractivity contribution is 5.85. The van der Waals surface area contributed by atoms with Crippen LogP contribution in [-0.2, 0) is 10.3 Å². The van der Waals surface area contributed by atoms with E-state index in [0.29, 0.717) is 13.0 Å². The summed E-state index contributed by atoms with van der Waals surface area (Å²) in [5.41, 5.74) is 7.78. The van der Waals surface area contributed by atoms with Gasteiger partial charge in [0.2, 0.25) is 5.91 Å². The molecule has 1 fully saturated rings. The second kappa shape index (κ2) is 6.92. The maximum Gasteiger partial charge on any atom is 0.221 e. The molecule has 19 heavy (non-hydrogen) atoms. The lowest BCUT2D eigenvalue weighted by Gasteiger charge is -2.31. The minimum atomic E-state index is -0.154. The number of rotatable bonds is 4. The molecule has 4 heteroatoms. The first-order chi connectivity index (χ1) is 8.66. The fourth-order valence-electron chi connectivity index (χ4n) is 2.87. The van der Waals surface area contributed by atoms with Crippen molar-refractivity contribution in [2.75, 3.05) is 6.54 Å². The van der Waals surface area contributed by atoms with Crippen molar-refractivity contribution in [1.82, 2.24) is 5.32 Å². The quantitative estimate of drug-likeness (QED) is 0.892. The van der Waals surface area contributed by atoms with Crippen molar-refractivity contribution >= 4 is 18.3 Å². The zero-order valence-corrected chi connectivity index (χ0v) is 12.3. The van der Waals surface area contributed by atoms with Gasteiger partial charge in [0.25, 0.3) is 0 Å². The van der Waals surface area contributed by atoms with E-state index in [0.717, 1.165) is 12.8 Å². The van der Waals surface area contributed by atoms with Crippen molar-refractivity contribution in [3.63, 3.8) is 0 Å². The van der Waals surface area contributed by atoms with E-state index in [1.807, 2.05) is 0 Å². The molecule has 106 valence electrons. The van der Waals surface area contributed by atoms with Crippen LogP contribution in [0.4, 0.5) is 0 Å². The molecule has 1 aromatic carbocycles. The Hall–Kier alpha value is -1.06. The largest absolute Gasteiger partial charge is 0.347 e. The van der Waals surface area contributed by atoms with Gasteiger partial charge in [-0.25, -0.2) is 0 Å². The molecule has 0 spiro atoms. The molecule has 0 bridgehead atoms. The lowest BCUT2D eigenvalue weighted by molar-refractivity contribution is -0.122. The van der Waals surface area contributed by atoms with E-state index < -0.39 is 0 Å². The van der Waals surface area contributed by atoms with E-state index in [2.05, 4.69) is 36.5 Å². The van der Waals surface area contributed by atoms with Crippen molar-refractivity contribution < 1.29 is 4.79 Å². The van der Waals surface area contributed by atoms with E-state index in [-0.39, 0.29) is 23.9 Å². The van der Waals surface area contributed by atoms with E-state index in [1.54, 1.807) is 0 Å². The Balaban J connectivity index is 0.00000180. The van der Waals surface area contributed by atoms with Crippen molar-refractivity contribution in [2.45, 2.75) is 44.6 Å². The molecule has 0 saturated heterocycles. The topological polar surface area (TPSA) is 55.1 Å². The lowest BCUT2D eigenvalue weighted by atomic mass is 9.87. The average molecular weight is 283 g/mol. The first-order valence-corrected chi connectivity index (χ1v) is 6.74. The minimum absolute atomic E-state index is 0. The van der Waals surface area contributed by atoms with Gasteiger partial charge in [-0.15, -0.1) is 12.4 Å². The van der Waals surface area contributed by atoms with Gasteiger partial charge in [-0.1, -0.05) is 42.7 Å². The Kier molecular flexibility index (Phi) is 5.83. The molecule has 1 amide bonds. The second-order valence-corrected chi connectivity index (χ2v) is 5.25. The summed E-state index contributed by atoms with van der Waals surface area (Å²) >= 11 is 0. The van der Waals surface area contributed by atoms with Crippen LogP contribution < -0.4 is 11.1 Å². The van der Waals surface area contributed by atoms with Crippen LogP contribution in [0.15, 0.2) is 24.3 Å². The number of aryl methyl sites for hydroxylation is 1. The summed E-state index contributed by atoms with van der Waals surface area (Å²) < 4.78 is 0. The van der Waals surface area contributed by atoms with Gasteiger partial charge in [0.05, 0.1) is 5.54 Å². The number of carbonyl (C=O) groups is 1. The van der Waals surface area contributed by atoms with Gasteiger partial charge >= 0.3 is 0 Å². The smallest absolute Gasteiger partial charge is 0.221 e. The Labute approximate surface area is 121 Å². The van der Waals surface area contributed by atoms with Crippen LogP contribution in [0.1, 0.15) is 43.2 Å². The Morgan fingerprint density at radius 2 is 2.05 bits per heavy atom. The van der Waals surface area contributed by atoms with Crippen molar-refractivity contribution in [2.24, 2.45) is 5.73 Å². The zero-order chi connectivity index (χ0) is 13.0. The highest BCUT2D eigenvalue weighted by atomic mass is 35.5. The molecule has 0 aromatic heterocycles. The number of hydrogen-bond acceptors (Lipinski definition) is 2. The average Bonchev–Trinajstić information content (AvgIpc) is 2.79. The highest BCUT2D eigenvalue weighted by Gasteiger charge is 2.36. The fraction of sp³-hybridized carbons (Fsp3) is 0.533. The van der Waals surface area contributed by atoms with Crippen molar-refractivity contribution in [3.05, 3.63) is 35.4 Å². The Morgan fingerprint density at radius 3 is 2.63 bits per heavy atom. The second-order valence-electron chi connectivity index (χ2n) is 5.25. The number of carbonyl (C=O) groups excluding carboxylic acids is 1. The molecule has 1 aliphatic carbocycles. The number of nitrogens with one attached hydrogen (secondary N) is 1. The molecular formula is C15H23ClN2O. The molecule has 2 rings (SSSR count). The summed E-state index contributed by atoms with van der Waals surface area (Å²) in [6.45, 7) is 2.50. The summed E-state index contributed by atoms with van der Waals surface area (Å²) in [6.07, 6.45) is 4.83. The molecular weight excluding hydrogens is 260 g/mol. The minimum Gasteiger partial charge on any atom is -0.347 e. The first-order valence-electron chi connectivity index (χ1n) is 6.74. The first kappa shape index (κ1) is 16.0. The van der Waals surface area contributed by atoms with Crippen LogP contribution in [0.2, 0.25) is 0 Å². The fourth-order valence-corrected chi connectivity index (χ4v) is 2.87. The van der Waals surface area contributed by atoms with Crippen LogP contribution >= 0.6 is 12.4 Å². The van der Waals surface area contributed by atoms with Gasteiger partial charge in [0.15, 0.2) is 0 Å². The van der Waals surface area contributed by atoms with Crippen LogP contribution in [-0.4, -0.2) is 12.5 Å². The Morgan fingerprint density at radius 1 is 1.37 bits per heavy atom. The van der Waals surface area contributed by atoms with Crippen LogP contribution in [0.25, 0.3) is 0 Å². The van der Waals surface area contributed by atoms with Gasteiger partial charge in [-0.2, -0.15) is 0 Å². The van der Waals surface area contributed by atoms with E-state index in [4.69, 9.17) is 5.73 Å². The van der Waals surface area contributed by atoms with Crippen molar-refractivity contribution in [3.8, 4) is 0 Å². The normalized spacial score (nSPS) is 16.7. The number of amides is 1. The molecule has 0 heterocycles. The third-order valence-electron chi connectivity index (χ3n) is 3.78. The molecule has 0 radical (unpaired) electrons. The Bertz CT molecular complexity index is 428. The number of halogens is 1. The molecule has 1 aliphatic rings. The molecule has 0 unspecified atom stereocenters. The monoisotopic (exact) mass is 282 g/mol. The van der Waals surface area contributed by atoms with Crippen molar-refractivity contribution in [1.29, 1.82) is 0 Å². The number of benzene rings is 1. The lowest BCUT2D eigenvalue weighted by Crippen LogP contribution is -2.44. The van der Waals surface area contributed by atoms with Crippen LogP contribution in [0.5, 0.6) is 0 Å². The van der Waals surface area contributed by atoms with Gasteiger partial charge in [-0.3, -0.25) is 4.79 Å². The van der Waals surface area contributed by atoms with Gasteiger partial charge in [0.1, 0.15) is 0 Å². The van der Waals surface area contributed by atoms with E-state index >= 15 is 0 Å². The number of hydrogen-bond donors (Lipinski definition) is 2. The predicted molar refractivity (Wildman–Crippen MR) is 80.4 cm³/mol. The molecule has 0 atom stereocenters. The summed E-state index contributed by atoms with van der Waals surface area (Å²) in [4.78, 5) is 11.9. The summed E-state index contributed by atoms with van der Waals surface area (Å²) in [6, 6.07) is 8.47. The predicted octanol–water partition coefficient (Wildman–Crippen LogP) is 2.65. The van der Waals surface area contributed by atoms with Crippen LogP contribution in [0, 0.1) is 6.92 Å². The van der Waals surface area contributed by atoms with E-state index in [9.17, 15) is 4.79 Å². The van der Waals surface area contributed by atoms with Gasteiger partial charge in [-0.05, 0) is 25.3 Å². The highest BCUT2D eigenvalue weighted by Crippen LogP contribution is 2.39. The maximum absolute atomic E-state index is 11.9. The van der Waals surface area contributed by atoms with E-state index in [1.165, 1.54) is 24.0 Å². The van der Waals surface area contributed by atoms with Gasteiger partial charge < -0.3 is 11.1 Å². The zero-order valence-electron chi connectivity index (χ0n) is 11.4. The molecule has 1 saturated carbocycles. The third kappa shape index (κ3) is 3.71. The standard InChI is InChI=1S/C15H22N2O.ClH/c1-12-5-4-6-13(11-12)15(8-2-3-9-15)17-14(18)7-10-16;/h4-6,11H,2-3,7-10,16H2,1H3,(H,17,18);1H. The summed E-state index contributed by atoms with van der Waals surface area (Å²) in [5.74, 6) is 0.0703. The third-order valence-corrected chi connectivity index (χ3v) is 3.78. The number of nitrogens with two attached hydrogens (primary N) is 1. The van der Waals surface area contributed by atoms with Crippen LogP contribution in [0.3, 0.4) is 0 Å². The maximum atomic E-state index is 11.9. The molecule has 3 N–H and O–H groups in total. The SMILES string of the molecule is Cc1cccc(C2(NC(=O)CCN)CCCC2)c1.Cl. The van der Waals surface area contributed by atoms with Gasteiger partial charge in [0, 0.05) is 13.0 Å². The summed E-state index contributed by atoms with van der Waals surface area (Å²) in [7, 11) is 0. The molecule has 0 aliphatic heterocycles. The molecule has 1 aromatic rings. The summed E-state index contributed by atoms with van der Waals surface area (Å²) in [5, 5.41) is 3.22.